The lowest BCUT2D eigenvalue weighted by molar-refractivity contribution is 0.470. The van der Waals surface area contributed by atoms with Crippen molar-refractivity contribution in [2.75, 3.05) is 5.32 Å². The van der Waals surface area contributed by atoms with E-state index in [1.165, 1.54) is 0 Å². The summed E-state index contributed by atoms with van der Waals surface area (Å²) in [6.45, 7) is 6.10. The van der Waals surface area contributed by atoms with E-state index in [0.29, 0.717) is 16.6 Å². The minimum atomic E-state index is -0.0341. The molecule has 6 heteroatoms. The van der Waals surface area contributed by atoms with Crippen LogP contribution in [0.4, 0.5) is 11.6 Å². The Balaban J connectivity index is 2.07. The Morgan fingerprint density at radius 1 is 1.20 bits per heavy atom. The minimum Gasteiger partial charge on any atom is -0.324 e. The quantitative estimate of drug-likeness (QED) is 0.709. The molecule has 0 aliphatic rings. The van der Waals surface area contributed by atoms with Crippen molar-refractivity contribution in [1.29, 1.82) is 0 Å². The highest BCUT2D eigenvalue weighted by Crippen LogP contribution is 2.23. The number of halogens is 1. The van der Waals surface area contributed by atoms with Crippen molar-refractivity contribution in [2.45, 2.75) is 39.7 Å². The molecule has 1 N–H and O–H groups in total. The molecule has 130 valence electrons. The van der Waals surface area contributed by atoms with Crippen molar-refractivity contribution in [3.05, 3.63) is 57.5 Å². The monoisotopic (exact) mass is 356 g/mol. The van der Waals surface area contributed by atoms with Gasteiger partial charge in [-0.2, -0.15) is 4.98 Å². The Hall–Kier alpha value is -2.40. The third kappa shape index (κ3) is 3.51. The number of hydrogen-bond acceptors (Lipinski definition) is 4. The smallest absolute Gasteiger partial charge is 0.252 e. The Bertz CT molecular complexity index is 963. The van der Waals surface area contributed by atoms with Gasteiger partial charge in [-0.3, -0.25) is 9.36 Å². The molecule has 0 spiro atoms. The van der Waals surface area contributed by atoms with Gasteiger partial charge in [0.25, 0.3) is 5.56 Å². The molecule has 25 heavy (non-hydrogen) atoms. The first-order valence-electron chi connectivity index (χ1n) is 8.45. The van der Waals surface area contributed by atoms with Crippen LogP contribution in [-0.4, -0.2) is 14.5 Å². The minimum absolute atomic E-state index is 0.0341. The van der Waals surface area contributed by atoms with Gasteiger partial charge in [-0.15, -0.1) is 0 Å². The molecule has 0 unspecified atom stereocenters. The molecule has 0 saturated heterocycles. The van der Waals surface area contributed by atoms with E-state index >= 15 is 0 Å². The third-order valence-electron chi connectivity index (χ3n) is 4.39. The lowest BCUT2D eigenvalue weighted by atomic mass is 10.1. The molecule has 0 amide bonds. The van der Waals surface area contributed by atoms with E-state index in [2.05, 4.69) is 29.1 Å². The van der Waals surface area contributed by atoms with Crippen LogP contribution in [-0.2, 0) is 0 Å². The standard InChI is InChI=1S/C19H21ClN4O/c1-4-15(5-2)24-17(25)9-6-13-11-21-19(23-18(13)24)22-14-7-8-16(20)12(3)10-14/h6-11,15H,4-5H2,1-3H3,(H,21,22,23). The highest BCUT2D eigenvalue weighted by molar-refractivity contribution is 6.31. The van der Waals surface area contributed by atoms with Crippen LogP contribution in [0.15, 0.2) is 41.3 Å². The van der Waals surface area contributed by atoms with Crippen LogP contribution in [0, 0.1) is 6.92 Å². The fourth-order valence-electron chi connectivity index (χ4n) is 2.96. The van der Waals surface area contributed by atoms with Crippen LogP contribution in [0.25, 0.3) is 11.0 Å². The summed E-state index contributed by atoms with van der Waals surface area (Å²) in [7, 11) is 0. The summed E-state index contributed by atoms with van der Waals surface area (Å²) in [6.07, 6.45) is 3.49. The van der Waals surface area contributed by atoms with Crippen LogP contribution in [0.3, 0.4) is 0 Å². The van der Waals surface area contributed by atoms with Gasteiger partial charge in [0.1, 0.15) is 5.65 Å². The molecule has 5 nitrogen and oxygen atoms in total. The average Bonchev–Trinajstić information content (AvgIpc) is 2.61. The van der Waals surface area contributed by atoms with E-state index in [9.17, 15) is 4.79 Å². The van der Waals surface area contributed by atoms with E-state index in [-0.39, 0.29) is 11.6 Å². The summed E-state index contributed by atoms with van der Waals surface area (Å²) in [5.41, 5.74) is 2.45. The van der Waals surface area contributed by atoms with Crippen molar-refractivity contribution in [2.24, 2.45) is 0 Å². The summed E-state index contributed by atoms with van der Waals surface area (Å²) in [4.78, 5) is 21.4. The van der Waals surface area contributed by atoms with Gasteiger partial charge in [0.05, 0.1) is 0 Å². The highest BCUT2D eigenvalue weighted by Gasteiger charge is 2.13. The SMILES string of the molecule is CCC(CC)n1c(=O)ccc2cnc(Nc3ccc(Cl)c(C)c3)nc21. The van der Waals surface area contributed by atoms with Crippen molar-refractivity contribution in [3.8, 4) is 0 Å². The van der Waals surface area contributed by atoms with Gasteiger partial charge in [-0.1, -0.05) is 25.4 Å². The second kappa shape index (κ2) is 7.23. The molecular weight excluding hydrogens is 336 g/mol. The van der Waals surface area contributed by atoms with Crippen LogP contribution < -0.4 is 10.9 Å². The zero-order chi connectivity index (χ0) is 18.0. The average molecular weight is 357 g/mol. The number of anilines is 2. The first kappa shape index (κ1) is 17.4. The van der Waals surface area contributed by atoms with E-state index < -0.39 is 0 Å². The number of aromatic nitrogens is 3. The van der Waals surface area contributed by atoms with E-state index in [1.54, 1.807) is 22.9 Å². The Labute approximate surface area is 151 Å². The second-order valence-corrected chi connectivity index (χ2v) is 6.48. The van der Waals surface area contributed by atoms with E-state index in [1.807, 2.05) is 25.1 Å². The molecule has 2 aromatic heterocycles. The van der Waals surface area contributed by atoms with Gasteiger partial charge in [0.2, 0.25) is 5.95 Å². The number of aryl methyl sites for hydroxylation is 1. The van der Waals surface area contributed by atoms with Crippen molar-refractivity contribution < 1.29 is 0 Å². The summed E-state index contributed by atoms with van der Waals surface area (Å²) in [6, 6.07) is 9.13. The molecule has 0 fully saturated rings. The van der Waals surface area contributed by atoms with Crippen LogP contribution >= 0.6 is 11.6 Å². The molecule has 1 aromatic carbocycles. The zero-order valence-corrected chi connectivity index (χ0v) is 15.3. The second-order valence-electron chi connectivity index (χ2n) is 6.07. The molecule has 0 aliphatic carbocycles. The molecule has 0 aliphatic heterocycles. The molecule has 3 aromatic rings. The number of benzene rings is 1. The van der Waals surface area contributed by atoms with E-state index in [0.717, 1.165) is 29.5 Å². The van der Waals surface area contributed by atoms with Gasteiger partial charge in [-0.05, 0) is 49.6 Å². The summed E-state index contributed by atoms with van der Waals surface area (Å²) < 4.78 is 1.77. The maximum Gasteiger partial charge on any atom is 0.252 e. The summed E-state index contributed by atoms with van der Waals surface area (Å²) in [5, 5.41) is 4.76. The third-order valence-corrected chi connectivity index (χ3v) is 4.81. The van der Waals surface area contributed by atoms with Crippen molar-refractivity contribution in [1.82, 2.24) is 14.5 Å². The lowest BCUT2D eigenvalue weighted by Crippen LogP contribution is -2.24. The molecule has 0 bridgehead atoms. The fraction of sp³-hybridized carbons (Fsp3) is 0.316. The Morgan fingerprint density at radius 3 is 2.64 bits per heavy atom. The lowest BCUT2D eigenvalue weighted by Gasteiger charge is -2.18. The molecule has 0 atom stereocenters. The predicted octanol–water partition coefficient (Wildman–Crippen LogP) is 4.86. The zero-order valence-electron chi connectivity index (χ0n) is 14.6. The first-order valence-corrected chi connectivity index (χ1v) is 8.82. The van der Waals surface area contributed by atoms with Crippen LogP contribution in [0.5, 0.6) is 0 Å². The topological polar surface area (TPSA) is 59.8 Å². The number of hydrogen-bond donors (Lipinski definition) is 1. The number of nitrogens with one attached hydrogen (secondary N) is 1. The van der Waals surface area contributed by atoms with Gasteiger partial charge < -0.3 is 5.32 Å². The molecule has 3 rings (SSSR count). The van der Waals surface area contributed by atoms with Gasteiger partial charge in [0.15, 0.2) is 0 Å². The predicted molar refractivity (Wildman–Crippen MR) is 103 cm³/mol. The number of rotatable bonds is 5. The largest absolute Gasteiger partial charge is 0.324 e. The normalized spacial score (nSPS) is 11.2. The maximum absolute atomic E-state index is 12.4. The molecular formula is C19H21ClN4O. The number of pyridine rings is 1. The number of fused-ring (bicyclic) bond motifs is 1. The fourth-order valence-corrected chi connectivity index (χ4v) is 3.07. The highest BCUT2D eigenvalue weighted by atomic mass is 35.5. The maximum atomic E-state index is 12.4. The summed E-state index contributed by atoms with van der Waals surface area (Å²) in [5.74, 6) is 0.458. The molecule has 0 saturated carbocycles. The summed E-state index contributed by atoms with van der Waals surface area (Å²) >= 11 is 6.07. The van der Waals surface area contributed by atoms with Crippen LogP contribution in [0.2, 0.25) is 5.02 Å². The van der Waals surface area contributed by atoms with Crippen LogP contribution in [0.1, 0.15) is 38.3 Å². The number of nitrogens with zero attached hydrogens (tertiary/aromatic N) is 3. The van der Waals surface area contributed by atoms with E-state index in [4.69, 9.17) is 11.6 Å². The van der Waals surface area contributed by atoms with Gasteiger partial charge in [-0.25, -0.2) is 4.98 Å². The Morgan fingerprint density at radius 2 is 1.96 bits per heavy atom. The Kier molecular flexibility index (Phi) is 5.04. The molecule has 0 radical (unpaired) electrons. The molecule has 2 heterocycles. The van der Waals surface area contributed by atoms with Gasteiger partial charge >= 0.3 is 0 Å². The van der Waals surface area contributed by atoms with Crippen molar-refractivity contribution >= 4 is 34.3 Å². The van der Waals surface area contributed by atoms with Crippen molar-refractivity contribution in [3.63, 3.8) is 0 Å². The first-order chi connectivity index (χ1) is 12.0. The van der Waals surface area contributed by atoms with Gasteiger partial charge in [0, 0.05) is 34.4 Å².